The summed E-state index contributed by atoms with van der Waals surface area (Å²) in [5.41, 5.74) is -1.11. The van der Waals surface area contributed by atoms with Crippen molar-refractivity contribution in [2.75, 3.05) is 6.61 Å². The maximum Gasteiger partial charge on any atom is 0.327 e. The van der Waals surface area contributed by atoms with E-state index in [-0.39, 0.29) is 13.2 Å². The van der Waals surface area contributed by atoms with Crippen LogP contribution < -0.4 is 5.56 Å². The van der Waals surface area contributed by atoms with E-state index in [2.05, 4.69) is 21.0 Å². The van der Waals surface area contributed by atoms with E-state index in [0.717, 1.165) is 4.68 Å². The molecule has 1 aliphatic rings. The van der Waals surface area contributed by atoms with E-state index in [0.29, 0.717) is 33.8 Å². The van der Waals surface area contributed by atoms with Crippen LogP contribution in [0, 0.1) is 0 Å². The summed E-state index contributed by atoms with van der Waals surface area (Å²) in [4.78, 5) is 23.9. The number of carbonyl (C=O) groups is 1. The fourth-order valence-corrected chi connectivity index (χ4v) is 2.88. The summed E-state index contributed by atoms with van der Waals surface area (Å²) in [6.07, 6.45) is 1.01. The Morgan fingerprint density at radius 1 is 1.45 bits per heavy atom. The molecule has 3 rings (SSSR count). The molecule has 0 N–H and O–H groups in total. The van der Waals surface area contributed by atoms with Gasteiger partial charge < -0.3 is 4.74 Å². The third-order valence-electron chi connectivity index (χ3n) is 3.71. The molecule has 1 heterocycles. The van der Waals surface area contributed by atoms with Crippen molar-refractivity contribution < 1.29 is 13.9 Å². The van der Waals surface area contributed by atoms with E-state index >= 15 is 0 Å². The maximum atomic E-state index is 14.1. The molecule has 0 spiro atoms. The number of aromatic nitrogens is 2. The smallest absolute Gasteiger partial charge is 0.327 e. The zero-order chi connectivity index (χ0) is 15.9. The van der Waals surface area contributed by atoms with Crippen LogP contribution in [0.4, 0.5) is 4.39 Å². The maximum absolute atomic E-state index is 14.1. The Morgan fingerprint density at radius 2 is 2.18 bits per heavy atom. The Hall–Kier alpha value is -1.76. The van der Waals surface area contributed by atoms with Crippen molar-refractivity contribution in [2.45, 2.75) is 32.0 Å². The fourth-order valence-electron chi connectivity index (χ4n) is 2.36. The predicted octanol–water partition coefficient (Wildman–Crippen LogP) is 2.68. The lowest BCUT2D eigenvalue weighted by Crippen LogP contribution is -2.28. The second kappa shape index (κ2) is 5.46. The first-order valence-electron chi connectivity index (χ1n) is 7.00. The number of esters is 1. The lowest BCUT2D eigenvalue weighted by atomic mass is 10.1. The number of carbonyl (C=O) groups excluding carboxylic acids is 1. The molecule has 0 unspecified atom stereocenters. The Bertz CT molecular complexity index is 814. The number of ether oxygens (including phenoxy) is 1. The highest BCUT2D eigenvalue weighted by Gasteiger charge is 2.45. The summed E-state index contributed by atoms with van der Waals surface area (Å²) >= 11 is 3.29. The molecular formula is C15H14BrFN2O3. The van der Waals surface area contributed by atoms with Crippen molar-refractivity contribution in [2.24, 2.45) is 0 Å². The van der Waals surface area contributed by atoms with E-state index < -0.39 is 17.2 Å². The SMILES string of the molecule is CCOC(=O)Cn1nc(Br)c2cc(C3(F)CC3)ccc2c1=O. The normalized spacial score (nSPS) is 15.8. The Balaban J connectivity index is 2.06. The van der Waals surface area contributed by atoms with E-state index in [1.54, 1.807) is 25.1 Å². The van der Waals surface area contributed by atoms with Crippen LogP contribution >= 0.6 is 15.9 Å². The third kappa shape index (κ3) is 2.65. The van der Waals surface area contributed by atoms with Crippen LogP contribution in [0.25, 0.3) is 10.8 Å². The zero-order valence-corrected chi connectivity index (χ0v) is 13.5. The Labute approximate surface area is 134 Å². The van der Waals surface area contributed by atoms with Gasteiger partial charge in [0.1, 0.15) is 16.8 Å². The number of halogens is 2. The van der Waals surface area contributed by atoms with Gasteiger partial charge in [-0.25, -0.2) is 9.07 Å². The van der Waals surface area contributed by atoms with Crippen molar-refractivity contribution in [3.05, 3.63) is 38.7 Å². The molecule has 0 amide bonds. The minimum Gasteiger partial charge on any atom is -0.465 e. The summed E-state index contributed by atoms with van der Waals surface area (Å²) in [5, 5.41) is 5.00. The quantitative estimate of drug-likeness (QED) is 0.778. The van der Waals surface area contributed by atoms with Crippen LogP contribution in [0.5, 0.6) is 0 Å². The summed E-state index contributed by atoms with van der Waals surface area (Å²) in [6.45, 7) is 1.68. The lowest BCUT2D eigenvalue weighted by molar-refractivity contribution is -0.144. The molecule has 116 valence electrons. The molecule has 5 nitrogen and oxygen atoms in total. The minimum atomic E-state index is -1.27. The number of hydrogen-bond donors (Lipinski definition) is 0. The van der Waals surface area contributed by atoms with Gasteiger partial charge in [0, 0.05) is 5.39 Å². The van der Waals surface area contributed by atoms with Crippen molar-refractivity contribution in [1.29, 1.82) is 0 Å². The highest BCUT2D eigenvalue weighted by Crippen LogP contribution is 2.50. The number of rotatable bonds is 4. The molecule has 22 heavy (non-hydrogen) atoms. The Morgan fingerprint density at radius 3 is 2.82 bits per heavy atom. The largest absolute Gasteiger partial charge is 0.465 e. The van der Waals surface area contributed by atoms with Gasteiger partial charge in [-0.2, -0.15) is 5.10 Å². The average Bonchev–Trinajstić information content (AvgIpc) is 3.23. The molecule has 1 aromatic heterocycles. The van der Waals surface area contributed by atoms with Gasteiger partial charge in [-0.05, 0) is 53.4 Å². The van der Waals surface area contributed by atoms with Crippen molar-refractivity contribution in [3.8, 4) is 0 Å². The lowest BCUT2D eigenvalue weighted by Gasteiger charge is -2.10. The number of nitrogens with zero attached hydrogens (tertiary/aromatic N) is 2. The van der Waals surface area contributed by atoms with Crippen molar-refractivity contribution in [1.82, 2.24) is 9.78 Å². The first-order chi connectivity index (χ1) is 10.4. The summed E-state index contributed by atoms with van der Waals surface area (Å²) in [5.74, 6) is -0.527. The molecule has 1 aromatic carbocycles. The van der Waals surface area contributed by atoms with Crippen molar-refractivity contribution >= 4 is 32.7 Å². The first kappa shape index (κ1) is 15.1. The summed E-state index contributed by atoms with van der Waals surface area (Å²) in [7, 11) is 0. The molecule has 7 heteroatoms. The fraction of sp³-hybridized carbons (Fsp3) is 0.400. The van der Waals surface area contributed by atoms with Crippen LogP contribution in [0.15, 0.2) is 27.6 Å². The van der Waals surface area contributed by atoms with Gasteiger partial charge in [0.05, 0.1) is 12.0 Å². The van der Waals surface area contributed by atoms with Crippen LogP contribution in [0.2, 0.25) is 0 Å². The average molecular weight is 369 g/mol. The van der Waals surface area contributed by atoms with E-state index in [4.69, 9.17) is 4.74 Å². The number of alkyl halides is 1. The van der Waals surface area contributed by atoms with Gasteiger partial charge in [0.25, 0.3) is 5.56 Å². The van der Waals surface area contributed by atoms with Gasteiger partial charge in [0.2, 0.25) is 0 Å². The van der Waals surface area contributed by atoms with Gasteiger partial charge in [-0.3, -0.25) is 9.59 Å². The van der Waals surface area contributed by atoms with Crippen LogP contribution in [0.1, 0.15) is 25.3 Å². The molecule has 0 atom stereocenters. The van der Waals surface area contributed by atoms with E-state index in [1.165, 1.54) is 0 Å². The highest BCUT2D eigenvalue weighted by molar-refractivity contribution is 9.10. The molecule has 0 bridgehead atoms. The number of benzene rings is 1. The monoisotopic (exact) mass is 368 g/mol. The second-order valence-electron chi connectivity index (χ2n) is 5.28. The van der Waals surface area contributed by atoms with Gasteiger partial charge >= 0.3 is 5.97 Å². The highest BCUT2D eigenvalue weighted by atomic mass is 79.9. The van der Waals surface area contributed by atoms with Crippen LogP contribution in [-0.4, -0.2) is 22.4 Å². The second-order valence-corrected chi connectivity index (χ2v) is 6.04. The van der Waals surface area contributed by atoms with Crippen LogP contribution in [0.3, 0.4) is 0 Å². The Kier molecular flexibility index (Phi) is 3.76. The van der Waals surface area contributed by atoms with Gasteiger partial charge in [-0.1, -0.05) is 6.07 Å². The zero-order valence-electron chi connectivity index (χ0n) is 11.9. The summed E-state index contributed by atoms with van der Waals surface area (Å²) in [6, 6.07) is 4.86. The molecule has 0 aliphatic heterocycles. The molecule has 0 radical (unpaired) electrons. The summed E-state index contributed by atoms with van der Waals surface area (Å²) < 4.78 is 20.4. The van der Waals surface area contributed by atoms with Gasteiger partial charge in [-0.15, -0.1) is 0 Å². The van der Waals surface area contributed by atoms with E-state index in [9.17, 15) is 14.0 Å². The number of hydrogen-bond acceptors (Lipinski definition) is 4. The third-order valence-corrected chi connectivity index (χ3v) is 4.29. The van der Waals surface area contributed by atoms with Gasteiger partial charge in [0.15, 0.2) is 0 Å². The molecule has 2 aromatic rings. The molecule has 1 aliphatic carbocycles. The molecule has 1 fully saturated rings. The minimum absolute atomic E-state index is 0.240. The van der Waals surface area contributed by atoms with E-state index in [1.807, 2.05) is 0 Å². The molecule has 1 saturated carbocycles. The predicted molar refractivity (Wildman–Crippen MR) is 82.4 cm³/mol. The first-order valence-corrected chi connectivity index (χ1v) is 7.79. The molecule has 0 saturated heterocycles. The standard InChI is InChI=1S/C15H14BrFN2O3/c1-2-22-12(20)8-19-14(21)10-4-3-9(15(17)5-6-15)7-11(10)13(16)18-19/h3-4,7H,2,5-6,8H2,1H3. The van der Waals surface area contributed by atoms with Crippen molar-refractivity contribution in [3.63, 3.8) is 0 Å². The number of fused-ring (bicyclic) bond motifs is 1. The topological polar surface area (TPSA) is 61.2 Å². The molecular weight excluding hydrogens is 355 g/mol. The van der Waals surface area contributed by atoms with Crippen LogP contribution in [-0.2, 0) is 21.7 Å².